The lowest BCUT2D eigenvalue weighted by Crippen LogP contribution is -2.41. The number of carboxylic acids is 1. The number of carbonyl (C=O) groups is 2. The van der Waals surface area contributed by atoms with Crippen LogP contribution in [0.5, 0.6) is 5.75 Å². The zero-order valence-electron chi connectivity index (χ0n) is 17.0. The van der Waals surface area contributed by atoms with E-state index in [4.69, 9.17) is 9.84 Å². The van der Waals surface area contributed by atoms with Crippen LogP contribution in [-0.2, 0) is 15.0 Å². The number of rotatable bonds is 9. The van der Waals surface area contributed by atoms with Crippen molar-refractivity contribution < 1.29 is 19.4 Å². The minimum absolute atomic E-state index is 0.0348. The molecule has 1 saturated heterocycles. The summed E-state index contributed by atoms with van der Waals surface area (Å²) in [6.45, 7) is 2.62. The number of amides is 1. The van der Waals surface area contributed by atoms with E-state index in [9.17, 15) is 9.59 Å². The van der Waals surface area contributed by atoms with E-state index in [-0.39, 0.29) is 18.6 Å². The minimum Gasteiger partial charge on any atom is -0.482 e. The quantitative estimate of drug-likeness (QED) is 0.667. The Morgan fingerprint density at radius 3 is 2.30 bits per heavy atom. The standard InChI is InChI=1S/C24H28N2O4/c27-22(28)17-30-20-10-8-19(9-11-20)24(12-13-24)23(29)25-21(16-26-14-4-5-15-26)18-6-2-1-3-7-18/h1-3,6-11,21H,4-5,12-17H2,(H,25,29)(H,27,28). The highest BCUT2D eigenvalue weighted by molar-refractivity contribution is 5.91. The van der Waals surface area contributed by atoms with Crippen molar-refractivity contribution in [1.29, 1.82) is 0 Å². The van der Waals surface area contributed by atoms with E-state index in [0.717, 1.165) is 43.6 Å². The van der Waals surface area contributed by atoms with E-state index in [1.54, 1.807) is 12.1 Å². The van der Waals surface area contributed by atoms with E-state index in [2.05, 4.69) is 22.3 Å². The van der Waals surface area contributed by atoms with Crippen molar-refractivity contribution in [3.8, 4) is 5.75 Å². The molecular weight excluding hydrogens is 380 g/mol. The van der Waals surface area contributed by atoms with Gasteiger partial charge in [0.05, 0.1) is 11.5 Å². The van der Waals surface area contributed by atoms with Gasteiger partial charge in [0.15, 0.2) is 6.61 Å². The summed E-state index contributed by atoms with van der Waals surface area (Å²) in [5.41, 5.74) is 1.59. The number of benzene rings is 2. The smallest absolute Gasteiger partial charge is 0.341 e. The molecule has 0 spiro atoms. The lowest BCUT2D eigenvalue weighted by molar-refractivity contribution is -0.139. The van der Waals surface area contributed by atoms with Crippen LogP contribution in [0.1, 0.15) is 42.9 Å². The normalized spacial score (nSPS) is 18.5. The summed E-state index contributed by atoms with van der Waals surface area (Å²) in [7, 11) is 0. The number of ether oxygens (including phenoxy) is 1. The number of hydrogen-bond acceptors (Lipinski definition) is 4. The van der Waals surface area contributed by atoms with Crippen LogP contribution in [0.3, 0.4) is 0 Å². The van der Waals surface area contributed by atoms with Gasteiger partial charge in [-0.25, -0.2) is 4.79 Å². The molecule has 1 aliphatic heterocycles. The first kappa shape index (κ1) is 20.4. The molecule has 1 amide bonds. The van der Waals surface area contributed by atoms with Gasteiger partial charge < -0.3 is 20.1 Å². The lowest BCUT2D eigenvalue weighted by Gasteiger charge is -2.27. The summed E-state index contributed by atoms with van der Waals surface area (Å²) in [5.74, 6) is -0.453. The third-order valence-electron chi connectivity index (χ3n) is 6.10. The number of carboxylic acid groups (broad SMARTS) is 1. The van der Waals surface area contributed by atoms with Crippen LogP contribution < -0.4 is 10.1 Å². The molecule has 4 rings (SSSR count). The molecule has 0 radical (unpaired) electrons. The molecular formula is C24H28N2O4. The Morgan fingerprint density at radius 1 is 1.03 bits per heavy atom. The number of nitrogens with one attached hydrogen (secondary N) is 1. The van der Waals surface area contributed by atoms with Gasteiger partial charge in [0, 0.05) is 6.54 Å². The predicted molar refractivity (Wildman–Crippen MR) is 113 cm³/mol. The molecule has 2 aromatic rings. The molecule has 2 aromatic carbocycles. The minimum atomic E-state index is -1.01. The fourth-order valence-electron chi connectivity index (χ4n) is 4.23. The third-order valence-corrected chi connectivity index (χ3v) is 6.10. The summed E-state index contributed by atoms with van der Waals surface area (Å²) < 4.78 is 5.21. The molecule has 6 heteroatoms. The molecule has 1 aliphatic carbocycles. The molecule has 2 aliphatic rings. The van der Waals surface area contributed by atoms with Gasteiger partial charge in [0.1, 0.15) is 5.75 Å². The monoisotopic (exact) mass is 408 g/mol. The van der Waals surface area contributed by atoms with Crippen LogP contribution in [0.25, 0.3) is 0 Å². The summed E-state index contributed by atoms with van der Waals surface area (Å²) in [6, 6.07) is 17.4. The van der Waals surface area contributed by atoms with Crippen LogP contribution in [0.2, 0.25) is 0 Å². The average Bonchev–Trinajstić information content (AvgIpc) is 3.42. The largest absolute Gasteiger partial charge is 0.482 e. The molecule has 1 heterocycles. The van der Waals surface area contributed by atoms with Crippen molar-refractivity contribution in [1.82, 2.24) is 10.2 Å². The Morgan fingerprint density at radius 2 is 1.70 bits per heavy atom. The van der Waals surface area contributed by atoms with Crippen molar-refractivity contribution in [2.75, 3.05) is 26.2 Å². The Kier molecular flexibility index (Phi) is 6.04. The van der Waals surface area contributed by atoms with E-state index < -0.39 is 11.4 Å². The second kappa shape index (κ2) is 8.88. The van der Waals surface area contributed by atoms with E-state index in [0.29, 0.717) is 5.75 Å². The van der Waals surface area contributed by atoms with Gasteiger partial charge >= 0.3 is 5.97 Å². The summed E-state index contributed by atoms with van der Waals surface area (Å²) in [5, 5.41) is 12.1. The first-order chi connectivity index (χ1) is 14.6. The van der Waals surface area contributed by atoms with Crippen molar-refractivity contribution in [2.45, 2.75) is 37.1 Å². The zero-order valence-corrected chi connectivity index (χ0v) is 17.0. The van der Waals surface area contributed by atoms with Crippen LogP contribution in [-0.4, -0.2) is 48.1 Å². The van der Waals surface area contributed by atoms with Crippen molar-refractivity contribution in [2.24, 2.45) is 0 Å². The average molecular weight is 408 g/mol. The summed E-state index contributed by atoms with van der Waals surface area (Å²) in [6.07, 6.45) is 4.07. The van der Waals surface area contributed by atoms with Gasteiger partial charge in [0.25, 0.3) is 0 Å². The van der Waals surface area contributed by atoms with E-state index >= 15 is 0 Å². The third kappa shape index (κ3) is 4.65. The number of nitrogens with zero attached hydrogens (tertiary/aromatic N) is 1. The topological polar surface area (TPSA) is 78.9 Å². The fourth-order valence-corrected chi connectivity index (χ4v) is 4.23. The van der Waals surface area contributed by atoms with Crippen LogP contribution in [0.4, 0.5) is 0 Å². The molecule has 2 N–H and O–H groups in total. The predicted octanol–water partition coefficient (Wildman–Crippen LogP) is 3.13. The second-order valence-corrected chi connectivity index (χ2v) is 8.23. The Balaban J connectivity index is 1.46. The second-order valence-electron chi connectivity index (χ2n) is 8.23. The lowest BCUT2D eigenvalue weighted by atomic mass is 9.94. The van der Waals surface area contributed by atoms with Gasteiger partial charge in [-0.15, -0.1) is 0 Å². The van der Waals surface area contributed by atoms with Crippen LogP contribution >= 0.6 is 0 Å². The number of likely N-dealkylation sites (tertiary alicyclic amines) is 1. The molecule has 6 nitrogen and oxygen atoms in total. The van der Waals surface area contributed by atoms with Gasteiger partial charge in [0.2, 0.25) is 5.91 Å². The fraction of sp³-hybridized carbons (Fsp3) is 0.417. The van der Waals surface area contributed by atoms with Crippen molar-refractivity contribution in [3.63, 3.8) is 0 Å². The SMILES string of the molecule is O=C(O)COc1ccc(C2(C(=O)NC(CN3CCCC3)c3ccccc3)CC2)cc1. The number of aliphatic carboxylic acids is 1. The molecule has 30 heavy (non-hydrogen) atoms. The molecule has 1 atom stereocenters. The maximum Gasteiger partial charge on any atom is 0.341 e. The maximum absolute atomic E-state index is 13.3. The molecule has 0 bridgehead atoms. The highest BCUT2D eigenvalue weighted by Crippen LogP contribution is 2.49. The Hall–Kier alpha value is -2.86. The first-order valence-electron chi connectivity index (χ1n) is 10.6. The van der Waals surface area contributed by atoms with Crippen molar-refractivity contribution in [3.05, 3.63) is 65.7 Å². The van der Waals surface area contributed by atoms with E-state index in [1.807, 2.05) is 30.3 Å². The van der Waals surface area contributed by atoms with Gasteiger partial charge in [-0.3, -0.25) is 4.79 Å². The van der Waals surface area contributed by atoms with Gasteiger partial charge in [-0.05, 0) is 62.0 Å². The zero-order chi connectivity index (χ0) is 21.0. The molecule has 158 valence electrons. The van der Waals surface area contributed by atoms with Crippen LogP contribution in [0, 0.1) is 0 Å². The van der Waals surface area contributed by atoms with Crippen molar-refractivity contribution >= 4 is 11.9 Å². The van der Waals surface area contributed by atoms with Gasteiger partial charge in [-0.1, -0.05) is 42.5 Å². The number of carbonyl (C=O) groups excluding carboxylic acids is 1. The number of hydrogen-bond donors (Lipinski definition) is 2. The Labute approximate surface area is 176 Å². The summed E-state index contributed by atoms with van der Waals surface area (Å²) >= 11 is 0. The van der Waals surface area contributed by atoms with E-state index in [1.165, 1.54) is 12.8 Å². The molecule has 2 fully saturated rings. The highest BCUT2D eigenvalue weighted by Gasteiger charge is 2.51. The van der Waals surface area contributed by atoms with Gasteiger partial charge in [-0.2, -0.15) is 0 Å². The summed E-state index contributed by atoms with van der Waals surface area (Å²) in [4.78, 5) is 26.4. The Bertz CT molecular complexity index is 872. The van der Waals surface area contributed by atoms with Crippen LogP contribution in [0.15, 0.2) is 54.6 Å². The molecule has 0 aromatic heterocycles. The molecule has 1 saturated carbocycles. The highest BCUT2D eigenvalue weighted by atomic mass is 16.5. The first-order valence-corrected chi connectivity index (χ1v) is 10.6. The maximum atomic E-state index is 13.3. The molecule has 1 unspecified atom stereocenters.